The summed E-state index contributed by atoms with van der Waals surface area (Å²) in [5, 5.41) is 12.3. The number of anilines is 2. The molecule has 0 spiro atoms. The third kappa shape index (κ3) is 3.74. The largest absolute Gasteiger partial charge is 0.398 e. The SMILES string of the molecule is Cc1c(N)cccc1NCCCC(C)CO. The van der Waals surface area contributed by atoms with Gasteiger partial charge in [0, 0.05) is 24.5 Å². The number of benzene rings is 1. The van der Waals surface area contributed by atoms with E-state index in [-0.39, 0.29) is 6.61 Å². The predicted molar refractivity (Wildman–Crippen MR) is 69.6 cm³/mol. The zero-order chi connectivity index (χ0) is 12.0. The summed E-state index contributed by atoms with van der Waals surface area (Å²) in [6.45, 7) is 5.28. The van der Waals surface area contributed by atoms with Crippen LogP contribution in [0.15, 0.2) is 18.2 Å². The van der Waals surface area contributed by atoms with Gasteiger partial charge in [-0.3, -0.25) is 0 Å². The van der Waals surface area contributed by atoms with Crippen molar-refractivity contribution in [2.75, 3.05) is 24.2 Å². The van der Waals surface area contributed by atoms with E-state index in [9.17, 15) is 0 Å². The Hall–Kier alpha value is -1.22. The van der Waals surface area contributed by atoms with E-state index in [4.69, 9.17) is 10.8 Å². The Kier molecular flexibility index (Phi) is 5.12. The first-order valence-corrected chi connectivity index (χ1v) is 5.85. The van der Waals surface area contributed by atoms with Gasteiger partial charge < -0.3 is 16.2 Å². The maximum Gasteiger partial charge on any atom is 0.0456 e. The maximum atomic E-state index is 8.89. The van der Waals surface area contributed by atoms with Crippen molar-refractivity contribution in [1.82, 2.24) is 0 Å². The number of rotatable bonds is 6. The monoisotopic (exact) mass is 222 g/mol. The Morgan fingerprint density at radius 2 is 2.19 bits per heavy atom. The minimum absolute atomic E-state index is 0.275. The molecule has 1 aromatic rings. The molecule has 0 aromatic heterocycles. The second-order valence-electron chi connectivity index (χ2n) is 4.38. The van der Waals surface area contributed by atoms with E-state index in [2.05, 4.69) is 12.2 Å². The standard InChI is InChI=1S/C13H22N2O/c1-10(9-16)5-4-8-15-13-7-3-6-12(14)11(13)2/h3,6-7,10,15-16H,4-5,8-9,14H2,1-2H3. The molecule has 1 unspecified atom stereocenters. The lowest BCUT2D eigenvalue weighted by atomic mass is 10.1. The van der Waals surface area contributed by atoms with Crippen molar-refractivity contribution in [3.05, 3.63) is 23.8 Å². The summed E-state index contributed by atoms with van der Waals surface area (Å²) in [6.07, 6.45) is 2.11. The zero-order valence-corrected chi connectivity index (χ0v) is 10.2. The van der Waals surface area contributed by atoms with Crippen molar-refractivity contribution in [3.8, 4) is 0 Å². The van der Waals surface area contributed by atoms with Crippen LogP contribution in [0.4, 0.5) is 11.4 Å². The summed E-state index contributed by atoms with van der Waals surface area (Å²) in [5.41, 5.74) is 8.87. The molecule has 0 saturated carbocycles. The van der Waals surface area contributed by atoms with Crippen LogP contribution >= 0.6 is 0 Å². The van der Waals surface area contributed by atoms with Crippen LogP contribution in [0.5, 0.6) is 0 Å². The van der Waals surface area contributed by atoms with Crippen LogP contribution in [0, 0.1) is 12.8 Å². The van der Waals surface area contributed by atoms with Gasteiger partial charge in [-0.05, 0) is 43.4 Å². The van der Waals surface area contributed by atoms with E-state index < -0.39 is 0 Å². The molecule has 0 saturated heterocycles. The second kappa shape index (κ2) is 6.38. The van der Waals surface area contributed by atoms with Gasteiger partial charge in [0.1, 0.15) is 0 Å². The fourth-order valence-electron chi connectivity index (χ4n) is 1.61. The fourth-order valence-corrected chi connectivity index (χ4v) is 1.61. The Bertz CT molecular complexity index is 326. The van der Waals surface area contributed by atoms with Gasteiger partial charge >= 0.3 is 0 Å². The third-order valence-electron chi connectivity index (χ3n) is 2.88. The van der Waals surface area contributed by atoms with Gasteiger partial charge in [-0.25, -0.2) is 0 Å². The molecule has 3 nitrogen and oxygen atoms in total. The number of hydrogen-bond acceptors (Lipinski definition) is 3. The number of nitrogen functional groups attached to an aromatic ring is 1. The van der Waals surface area contributed by atoms with Crippen LogP contribution in [-0.2, 0) is 0 Å². The fraction of sp³-hybridized carbons (Fsp3) is 0.538. The first-order chi connectivity index (χ1) is 7.65. The third-order valence-corrected chi connectivity index (χ3v) is 2.88. The molecule has 0 amide bonds. The molecule has 16 heavy (non-hydrogen) atoms. The van der Waals surface area contributed by atoms with Gasteiger partial charge in [0.25, 0.3) is 0 Å². The minimum Gasteiger partial charge on any atom is -0.398 e. The first kappa shape index (κ1) is 12.8. The van der Waals surface area contributed by atoms with Gasteiger partial charge in [0.2, 0.25) is 0 Å². The minimum atomic E-state index is 0.275. The Balaban J connectivity index is 2.35. The summed E-state index contributed by atoms with van der Waals surface area (Å²) in [5.74, 6) is 0.392. The van der Waals surface area contributed by atoms with E-state index in [1.807, 2.05) is 25.1 Å². The van der Waals surface area contributed by atoms with E-state index >= 15 is 0 Å². The molecule has 4 N–H and O–H groups in total. The lowest BCUT2D eigenvalue weighted by Gasteiger charge is -2.12. The molecular formula is C13H22N2O. The molecule has 1 aromatic carbocycles. The van der Waals surface area contributed by atoms with E-state index in [0.29, 0.717) is 5.92 Å². The highest BCUT2D eigenvalue weighted by Crippen LogP contribution is 2.20. The normalized spacial score (nSPS) is 12.4. The average molecular weight is 222 g/mol. The molecule has 3 heteroatoms. The van der Waals surface area contributed by atoms with Crippen LogP contribution in [0.1, 0.15) is 25.3 Å². The molecule has 0 bridgehead atoms. The van der Waals surface area contributed by atoms with Crippen LogP contribution < -0.4 is 11.1 Å². The number of aliphatic hydroxyl groups is 1. The van der Waals surface area contributed by atoms with Crippen LogP contribution in [0.25, 0.3) is 0 Å². The van der Waals surface area contributed by atoms with Crippen molar-refractivity contribution in [3.63, 3.8) is 0 Å². The quantitative estimate of drug-likeness (QED) is 0.511. The number of nitrogens with one attached hydrogen (secondary N) is 1. The number of nitrogens with two attached hydrogens (primary N) is 1. The lowest BCUT2D eigenvalue weighted by Crippen LogP contribution is -2.07. The lowest BCUT2D eigenvalue weighted by molar-refractivity contribution is 0.229. The highest BCUT2D eigenvalue weighted by molar-refractivity contribution is 5.62. The highest BCUT2D eigenvalue weighted by Gasteiger charge is 2.01. The van der Waals surface area contributed by atoms with Gasteiger partial charge in [0.15, 0.2) is 0 Å². The van der Waals surface area contributed by atoms with Crippen molar-refractivity contribution >= 4 is 11.4 Å². The molecule has 0 aliphatic carbocycles. The van der Waals surface area contributed by atoms with Gasteiger partial charge in [0.05, 0.1) is 0 Å². The summed E-state index contributed by atoms with van der Waals surface area (Å²) in [4.78, 5) is 0. The molecule has 0 radical (unpaired) electrons. The summed E-state index contributed by atoms with van der Waals surface area (Å²) in [7, 11) is 0. The Labute approximate surface area is 97.7 Å². The van der Waals surface area contributed by atoms with Crippen molar-refractivity contribution in [2.45, 2.75) is 26.7 Å². The second-order valence-corrected chi connectivity index (χ2v) is 4.38. The predicted octanol–water partition coefficient (Wildman–Crippen LogP) is 2.40. The molecule has 0 aliphatic rings. The number of aliphatic hydroxyl groups excluding tert-OH is 1. The van der Waals surface area contributed by atoms with Crippen molar-refractivity contribution < 1.29 is 5.11 Å². The van der Waals surface area contributed by atoms with E-state index in [1.54, 1.807) is 0 Å². The van der Waals surface area contributed by atoms with Gasteiger partial charge in [-0.2, -0.15) is 0 Å². The van der Waals surface area contributed by atoms with Gasteiger partial charge in [-0.1, -0.05) is 13.0 Å². The van der Waals surface area contributed by atoms with Crippen LogP contribution in [0.2, 0.25) is 0 Å². The summed E-state index contributed by atoms with van der Waals surface area (Å²) >= 11 is 0. The molecular weight excluding hydrogens is 200 g/mol. The molecule has 0 heterocycles. The van der Waals surface area contributed by atoms with Gasteiger partial charge in [-0.15, -0.1) is 0 Å². The Morgan fingerprint density at radius 1 is 1.44 bits per heavy atom. The summed E-state index contributed by atoms with van der Waals surface area (Å²) < 4.78 is 0. The molecule has 1 rings (SSSR count). The average Bonchev–Trinajstić information content (AvgIpc) is 2.29. The maximum absolute atomic E-state index is 8.89. The van der Waals surface area contributed by atoms with E-state index in [1.165, 1.54) is 0 Å². The van der Waals surface area contributed by atoms with Crippen LogP contribution in [-0.4, -0.2) is 18.3 Å². The van der Waals surface area contributed by atoms with Crippen molar-refractivity contribution in [2.24, 2.45) is 5.92 Å². The highest BCUT2D eigenvalue weighted by atomic mass is 16.3. The number of hydrogen-bond donors (Lipinski definition) is 3. The first-order valence-electron chi connectivity index (χ1n) is 5.85. The molecule has 90 valence electrons. The summed E-state index contributed by atoms with van der Waals surface area (Å²) in [6, 6.07) is 5.91. The van der Waals surface area contributed by atoms with E-state index in [0.717, 1.165) is 36.3 Å². The zero-order valence-electron chi connectivity index (χ0n) is 10.2. The smallest absolute Gasteiger partial charge is 0.0456 e. The van der Waals surface area contributed by atoms with Crippen LogP contribution in [0.3, 0.4) is 0 Å². The Morgan fingerprint density at radius 3 is 2.88 bits per heavy atom. The molecule has 1 atom stereocenters. The molecule has 0 fully saturated rings. The van der Waals surface area contributed by atoms with Crippen molar-refractivity contribution in [1.29, 1.82) is 0 Å². The topological polar surface area (TPSA) is 58.3 Å². The molecule has 0 aliphatic heterocycles.